The fraction of sp³-hybridized carbons (Fsp3) is 0.933. The SMILES string of the molecule is CCC(C)CSCCCCC(C)(C#N)NC(C)C. The second-order valence-corrected chi connectivity index (χ2v) is 6.94. The fourth-order valence-corrected chi connectivity index (χ4v) is 3.10. The van der Waals surface area contributed by atoms with Gasteiger partial charge in [-0.2, -0.15) is 17.0 Å². The molecule has 0 spiro atoms. The molecule has 0 amide bonds. The third-order valence-corrected chi connectivity index (χ3v) is 4.55. The van der Waals surface area contributed by atoms with E-state index >= 15 is 0 Å². The van der Waals surface area contributed by atoms with Gasteiger partial charge in [0, 0.05) is 6.04 Å². The van der Waals surface area contributed by atoms with Crippen molar-refractivity contribution in [3.63, 3.8) is 0 Å². The highest BCUT2D eigenvalue weighted by molar-refractivity contribution is 7.99. The van der Waals surface area contributed by atoms with Crippen molar-refractivity contribution >= 4 is 11.8 Å². The summed E-state index contributed by atoms with van der Waals surface area (Å²) in [6.07, 6.45) is 4.58. The molecule has 0 fully saturated rings. The van der Waals surface area contributed by atoms with Crippen LogP contribution in [-0.4, -0.2) is 23.1 Å². The minimum Gasteiger partial charge on any atom is -0.297 e. The van der Waals surface area contributed by atoms with Gasteiger partial charge in [-0.1, -0.05) is 20.3 Å². The maximum atomic E-state index is 9.22. The fourth-order valence-electron chi connectivity index (χ4n) is 1.88. The van der Waals surface area contributed by atoms with E-state index in [1.54, 1.807) is 0 Å². The standard InChI is InChI=1S/C15H30N2S/c1-6-14(4)11-18-10-8-7-9-15(5,12-16)17-13(2)3/h13-14,17H,6-11H2,1-5H3. The van der Waals surface area contributed by atoms with Gasteiger partial charge in [0.15, 0.2) is 0 Å². The summed E-state index contributed by atoms with van der Waals surface area (Å²) in [4.78, 5) is 0. The Morgan fingerprint density at radius 1 is 1.28 bits per heavy atom. The van der Waals surface area contributed by atoms with Crippen LogP contribution in [0.2, 0.25) is 0 Å². The van der Waals surface area contributed by atoms with Crippen LogP contribution in [0, 0.1) is 17.2 Å². The molecule has 3 heteroatoms. The maximum Gasteiger partial charge on any atom is 0.104 e. The molecule has 2 atom stereocenters. The van der Waals surface area contributed by atoms with Gasteiger partial charge < -0.3 is 0 Å². The average Bonchev–Trinajstić information content (AvgIpc) is 2.32. The molecule has 0 aliphatic rings. The predicted octanol–water partition coefficient (Wildman–Crippen LogP) is 4.22. The van der Waals surface area contributed by atoms with Crippen molar-refractivity contribution < 1.29 is 0 Å². The Morgan fingerprint density at radius 3 is 2.44 bits per heavy atom. The van der Waals surface area contributed by atoms with Crippen LogP contribution in [0.3, 0.4) is 0 Å². The van der Waals surface area contributed by atoms with Crippen molar-refractivity contribution in [2.45, 2.75) is 71.9 Å². The zero-order valence-electron chi connectivity index (χ0n) is 12.8. The first kappa shape index (κ1) is 17.8. The van der Waals surface area contributed by atoms with Crippen LogP contribution in [0.5, 0.6) is 0 Å². The first-order chi connectivity index (χ1) is 8.43. The molecule has 0 saturated carbocycles. The zero-order chi connectivity index (χ0) is 14.0. The third kappa shape index (κ3) is 8.83. The van der Waals surface area contributed by atoms with Crippen molar-refractivity contribution in [2.24, 2.45) is 5.92 Å². The van der Waals surface area contributed by atoms with E-state index in [9.17, 15) is 5.26 Å². The Bertz CT molecular complexity index is 247. The molecular formula is C15H30N2S. The molecule has 0 heterocycles. The van der Waals surface area contributed by atoms with Gasteiger partial charge in [-0.05, 0) is 57.5 Å². The Kier molecular flexibility index (Phi) is 9.59. The molecule has 0 saturated heterocycles. The maximum absolute atomic E-state index is 9.22. The first-order valence-corrected chi connectivity index (χ1v) is 8.35. The minimum absolute atomic E-state index is 0.352. The highest BCUT2D eigenvalue weighted by Gasteiger charge is 2.23. The van der Waals surface area contributed by atoms with Crippen LogP contribution in [-0.2, 0) is 0 Å². The predicted molar refractivity (Wildman–Crippen MR) is 82.9 cm³/mol. The number of hydrogen-bond donors (Lipinski definition) is 1. The Balaban J connectivity index is 3.66. The van der Waals surface area contributed by atoms with E-state index in [1.165, 1.54) is 24.3 Å². The minimum atomic E-state index is -0.352. The van der Waals surface area contributed by atoms with E-state index in [1.807, 2.05) is 6.92 Å². The van der Waals surface area contributed by atoms with Crippen molar-refractivity contribution in [1.82, 2.24) is 5.32 Å². The molecule has 0 aliphatic carbocycles. The van der Waals surface area contributed by atoms with Gasteiger partial charge in [0.05, 0.1) is 6.07 Å². The summed E-state index contributed by atoms with van der Waals surface area (Å²) in [6, 6.07) is 2.78. The van der Waals surface area contributed by atoms with Crippen LogP contribution in [0.1, 0.15) is 60.3 Å². The molecule has 18 heavy (non-hydrogen) atoms. The van der Waals surface area contributed by atoms with Crippen LogP contribution in [0.15, 0.2) is 0 Å². The summed E-state index contributed by atoms with van der Waals surface area (Å²) in [6.45, 7) is 10.8. The lowest BCUT2D eigenvalue weighted by Crippen LogP contribution is -2.44. The van der Waals surface area contributed by atoms with Crippen LogP contribution in [0.25, 0.3) is 0 Å². The normalized spacial score (nSPS) is 16.3. The lowest BCUT2D eigenvalue weighted by molar-refractivity contribution is 0.372. The largest absolute Gasteiger partial charge is 0.297 e. The van der Waals surface area contributed by atoms with Crippen molar-refractivity contribution in [3.8, 4) is 6.07 Å². The van der Waals surface area contributed by atoms with Gasteiger partial charge in [-0.25, -0.2) is 0 Å². The lowest BCUT2D eigenvalue weighted by atomic mass is 9.96. The topological polar surface area (TPSA) is 35.8 Å². The van der Waals surface area contributed by atoms with Gasteiger partial charge in [0.1, 0.15) is 5.54 Å². The summed E-state index contributed by atoms with van der Waals surface area (Å²) < 4.78 is 0. The summed E-state index contributed by atoms with van der Waals surface area (Å²) in [5.41, 5.74) is -0.352. The van der Waals surface area contributed by atoms with Gasteiger partial charge in [-0.3, -0.25) is 5.32 Å². The van der Waals surface area contributed by atoms with E-state index in [4.69, 9.17) is 0 Å². The number of nitriles is 1. The molecule has 2 nitrogen and oxygen atoms in total. The molecular weight excluding hydrogens is 240 g/mol. The van der Waals surface area contributed by atoms with Crippen LogP contribution >= 0.6 is 11.8 Å². The molecule has 2 unspecified atom stereocenters. The van der Waals surface area contributed by atoms with E-state index < -0.39 is 0 Å². The average molecular weight is 270 g/mol. The van der Waals surface area contributed by atoms with Crippen LogP contribution in [0.4, 0.5) is 0 Å². The first-order valence-electron chi connectivity index (χ1n) is 7.20. The Hall–Kier alpha value is -0.200. The Morgan fingerprint density at radius 2 is 1.94 bits per heavy atom. The molecule has 0 radical (unpaired) electrons. The van der Waals surface area contributed by atoms with Crippen molar-refractivity contribution in [1.29, 1.82) is 5.26 Å². The summed E-state index contributed by atoms with van der Waals surface area (Å²) in [5, 5.41) is 12.6. The summed E-state index contributed by atoms with van der Waals surface area (Å²) in [7, 11) is 0. The molecule has 1 N–H and O–H groups in total. The zero-order valence-corrected chi connectivity index (χ0v) is 13.6. The van der Waals surface area contributed by atoms with E-state index in [0.29, 0.717) is 6.04 Å². The molecule has 0 rings (SSSR count). The van der Waals surface area contributed by atoms with E-state index in [-0.39, 0.29) is 5.54 Å². The highest BCUT2D eigenvalue weighted by Crippen LogP contribution is 2.17. The van der Waals surface area contributed by atoms with Gasteiger partial charge in [0.25, 0.3) is 0 Å². The number of rotatable bonds is 10. The lowest BCUT2D eigenvalue weighted by Gasteiger charge is -2.25. The second kappa shape index (κ2) is 9.69. The summed E-state index contributed by atoms with van der Waals surface area (Å²) >= 11 is 2.05. The molecule has 106 valence electrons. The summed E-state index contributed by atoms with van der Waals surface area (Å²) in [5.74, 6) is 3.34. The number of hydrogen-bond acceptors (Lipinski definition) is 3. The number of unbranched alkanes of at least 4 members (excludes halogenated alkanes) is 1. The third-order valence-electron chi connectivity index (χ3n) is 3.17. The van der Waals surface area contributed by atoms with Crippen LogP contribution < -0.4 is 5.32 Å². The number of nitrogens with one attached hydrogen (secondary N) is 1. The highest BCUT2D eigenvalue weighted by atomic mass is 32.2. The van der Waals surface area contributed by atoms with E-state index in [2.05, 4.69) is 50.8 Å². The molecule has 0 aliphatic heterocycles. The number of nitrogens with zero attached hydrogens (tertiary/aromatic N) is 1. The quantitative estimate of drug-likeness (QED) is 0.604. The second-order valence-electron chi connectivity index (χ2n) is 5.79. The van der Waals surface area contributed by atoms with Gasteiger partial charge in [-0.15, -0.1) is 0 Å². The number of thioether (sulfide) groups is 1. The van der Waals surface area contributed by atoms with Gasteiger partial charge >= 0.3 is 0 Å². The molecule has 0 bridgehead atoms. The molecule has 0 aromatic heterocycles. The monoisotopic (exact) mass is 270 g/mol. The van der Waals surface area contributed by atoms with E-state index in [0.717, 1.165) is 18.8 Å². The molecule has 0 aromatic rings. The van der Waals surface area contributed by atoms with Crippen molar-refractivity contribution in [3.05, 3.63) is 0 Å². The Labute approximate surface area is 118 Å². The van der Waals surface area contributed by atoms with Gasteiger partial charge in [0.2, 0.25) is 0 Å². The molecule has 0 aromatic carbocycles. The van der Waals surface area contributed by atoms with Crippen molar-refractivity contribution in [2.75, 3.05) is 11.5 Å². The smallest absolute Gasteiger partial charge is 0.104 e.